The molecule has 0 aromatic heterocycles. The van der Waals surface area contributed by atoms with E-state index in [1.807, 2.05) is 23.5 Å². The van der Waals surface area contributed by atoms with Gasteiger partial charge in [0.15, 0.2) is 0 Å². The SMILES string of the molecule is NOCCCSCCCCCCCCCCCSc1ccccc1. The van der Waals surface area contributed by atoms with E-state index in [0.717, 1.165) is 6.42 Å². The summed E-state index contributed by atoms with van der Waals surface area (Å²) in [5.41, 5.74) is 0. The van der Waals surface area contributed by atoms with Crippen molar-refractivity contribution in [3.63, 3.8) is 0 Å². The van der Waals surface area contributed by atoms with Gasteiger partial charge in [-0.2, -0.15) is 11.8 Å². The predicted molar refractivity (Wildman–Crippen MR) is 111 cm³/mol. The molecule has 0 spiro atoms. The van der Waals surface area contributed by atoms with Crippen LogP contribution in [0.25, 0.3) is 0 Å². The Bertz CT molecular complexity index is 362. The van der Waals surface area contributed by atoms with Crippen LogP contribution in [-0.4, -0.2) is 23.9 Å². The highest BCUT2D eigenvalue weighted by Gasteiger charge is 1.95. The highest BCUT2D eigenvalue weighted by Crippen LogP contribution is 2.19. The second-order valence-corrected chi connectivity index (χ2v) is 8.57. The van der Waals surface area contributed by atoms with Gasteiger partial charge in [0.05, 0.1) is 6.61 Å². The van der Waals surface area contributed by atoms with Gasteiger partial charge in [-0.25, -0.2) is 5.90 Å². The zero-order valence-corrected chi connectivity index (χ0v) is 16.7. The van der Waals surface area contributed by atoms with Crippen molar-refractivity contribution in [3.05, 3.63) is 30.3 Å². The average Bonchev–Trinajstić information content (AvgIpc) is 2.62. The van der Waals surface area contributed by atoms with E-state index in [4.69, 9.17) is 5.90 Å². The number of thioether (sulfide) groups is 2. The van der Waals surface area contributed by atoms with Crippen molar-refractivity contribution < 1.29 is 4.84 Å². The third-order valence-corrected chi connectivity index (χ3v) is 6.25. The Morgan fingerprint density at radius 3 is 1.83 bits per heavy atom. The van der Waals surface area contributed by atoms with Gasteiger partial charge in [0, 0.05) is 4.90 Å². The summed E-state index contributed by atoms with van der Waals surface area (Å²) in [4.78, 5) is 5.97. The van der Waals surface area contributed by atoms with Gasteiger partial charge in [-0.15, -0.1) is 11.8 Å². The lowest BCUT2D eigenvalue weighted by Crippen LogP contribution is -2.01. The van der Waals surface area contributed by atoms with Crippen LogP contribution in [0.15, 0.2) is 35.2 Å². The second kappa shape index (κ2) is 17.7. The van der Waals surface area contributed by atoms with Crippen LogP contribution in [0.2, 0.25) is 0 Å². The van der Waals surface area contributed by atoms with E-state index in [0.29, 0.717) is 6.61 Å². The lowest BCUT2D eigenvalue weighted by Gasteiger charge is -2.04. The van der Waals surface area contributed by atoms with Crippen molar-refractivity contribution in [1.29, 1.82) is 0 Å². The molecule has 0 aliphatic carbocycles. The molecule has 0 aliphatic heterocycles. The minimum atomic E-state index is 0.692. The maximum Gasteiger partial charge on any atom is 0.0687 e. The summed E-state index contributed by atoms with van der Waals surface area (Å²) >= 11 is 4.02. The zero-order chi connectivity index (χ0) is 17.1. The average molecular weight is 370 g/mol. The van der Waals surface area contributed by atoms with Crippen LogP contribution < -0.4 is 5.90 Å². The topological polar surface area (TPSA) is 35.2 Å². The molecule has 1 aromatic rings. The predicted octanol–water partition coefficient (Wildman–Crippen LogP) is 6.30. The first-order chi connectivity index (χ1) is 11.9. The van der Waals surface area contributed by atoms with Crippen LogP contribution in [0, 0.1) is 0 Å². The number of benzene rings is 1. The molecule has 0 saturated carbocycles. The fraction of sp³-hybridized carbons (Fsp3) is 0.700. The Balaban J connectivity index is 1.70. The van der Waals surface area contributed by atoms with E-state index >= 15 is 0 Å². The molecule has 0 heterocycles. The maximum absolute atomic E-state index is 5.00. The standard InChI is InChI=1S/C20H35NOS2/c21-22-16-13-18-23-17-11-6-4-2-1-3-5-7-12-19-24-20-14-9-8-10-15-20/h8-10,14-15H,1-7,11-13,16-19,21H2. The van der Waals surface area contributed by atoms with Gasteiger partial charge in [0.2, 0.25) is 0 Å². The molecule has 0 unspecified atom stereocenters. The molecular formula is C20H35NOS2. The van der Waals surface area contributed by atoms with Crippen LogP contribution >= 0.6 is 23.5 Å². The van der Waals surface area contributed by atoms with Crippen molar-refractivity contribution in [2.75, 3.05) is 23.9 Å². The van der Waals surface area contributed by atoms with Crippen molar-refractivity contribution in [2.45, 2.75) is 69.1 Å². The third-order valence-electron chi connectivity index (χ3n) is 4.00. The summed E-state index contributed by atoms with van der Waals surface area (Å²) < 4.78 is 0. The van der Waals surface area contributed by atoms with Crippen molar-refractivity contribution in [2.24, 2.45) is 5.90 Å². The molecule has 0 bridgehead atoms. The smallest absolute Gasteiger partial charge is 0.0687 e. The quantitative estimate of drug-likeness (QED) is 0.198. The molecule has 0 fully saturated rings. The van der Waals surface area contributed by atoms with E-state index < -0.39 is 0 Å². The molecule has 0 aliphatic rings. The Morgan fingerprint density at radius 2 is 1.21 bits per heavy atom. The number of hydrogen-bond acceptors (Lipinski definition) is 4. The molecule has 2 N–H and O–H groups in total. The minimum absolute atomic E-state index is 0.692. The van der Waals surface area contributed by atoms with Gasteiger partial charge < -0.3 is 4.84 Å². The Labute approximate surface area is 157 Å². The van der Waals surface area contributed by atoms with Crippen LogP contribution in [0.3, 0.4) is 0 Å². The van der Waals surface area contributed by atoms with Gasteiger partial charge in [-0.05, 0) is 48.7 Å². The zero-order valence-electron chi connectivity index (χ0n) is 15.1. The molecule has 1 aromatic carbocycles. The molecule has 0 amide bonds. The summed E-state index contributed by atoms with van der Waals surface area (Å²) in [6, 6.07) is 10.7. The van der Waals surface area contributed by atoms with E-state index in [1.54, 1.807) is 0 Å². The Morgan fingerprint density at radius 1 is 0.667 bits per heavy atom. The molecule has 138 valence electrons. The summed E-state index contributed by atoms with van der Waals surface area (Å²) in [5.74, 6) is 8.74. The highest BCUT2D eigenvalue weighted by molar-refractivity contribution is 7.99. The number of unbranched alkanes of at least 4 members (excludes halogenated alkanes) is 8. The molecule has 0 saturated heterocycles. The largest absolute Gasteiger partial charge is 0.305 e. The number of rotatable bonds is 17. The minimum Gasteiger partial charge on any atom is -0.305 e. The van der Waals surface area contributed by atoms with Gasteiger partial charge in [0.25, 0.3) is 0 Å². The van der Waals surface area contributed by atoms with E-state index in [-0.39, 0.29) is 0 Å². The Kier molecular flexibility index (Phi) is 16.1. The van der Waals surface area contributed by atoms with Gasteiger partial charge in [0.1, 0.15) is 0 Å². The fourth-order valence-electron chi connectivity index (χ4n) is 2.60. The highest BCUT2D eigenvalue weighted by atomic mass is 32.2. The molecule has 2 nitrogen and oxygen atoms in total. The summed E-state index contributed by atoms with van der Waals surface area (Å²) in [6.07, 6.45) is 13.7. The van der Waals surface area contributed by atoms with Crippen LogP contribution in [-0.2, 0) is 4.84 Å². The molecule has 4 heteroatoms. The first-order valence-corrected chi connectivity index (χ1v) is 11.6. The van der Waals surface area contributed by atoms with Crippen LogP contribution in [0.5, 0.6) is 0 Å². The number of nitrogens with two attached hydrogens (primary N) is 1. The van der Waals surface area contributed by atoms with E-state index in [2.05, 4.69) is 35.2 Å². The maximum atomic E-state index is 5.00. The molecule has 1 rings (SSSR count). The summed E-state index contributed by atoms with van der Waals surface area (Å²) in [5, 5.41) is 0. The second-order valence-electron chi connectivity index (χ2n) is 6.18. The third kappa shape index (κ3) is 14.2. The van der Waals surface area contributed by atoms with Gasteiger partial charge in [-0.3, -0.25) is 0 Å². The van der Waals surface area contributed by atoms with Crippen molar-refractivity contribution >= 4 is 23.5 Å². The van der Waals surface area contributed by atoms with Gasteiger partial charge in [-0.1, -0.05) is 63.1 Å². The molecular weight excluding hydrogens is 334 g/mol. The van der Waals surface area contributed by atoms with Crippen molar-refractivity contribution in [3.8, 4) is 0 Å². The fourth-order valence-corrected chi connectivity index (χ4v) is 4.46. The van der Waals surface area contributed by atoms with Gasteiger partial charge >= 0.3 is 0 Å². The lowest BCUT2D eigenvalue weighted by atomic mass is 10.1. The number of hydrogen-bond donors (Lipinski definition) is 1. The summed E-state index contributed by atoms with van der Waals surface area (Å²) in [7, 11) is 0. The Hall–Kier alpha value is -0.160. The molecule has 0 atom stereocenters. The van der Waals surface area contributed by atoms with Crippen LogP contribution in [0.1, 0.15) is 64.2 Å². The van der Waals surface area contributed by atoms with Crippen molar-refractivity contribution in [1.82, 2.24) is 0 Å². The van der Waals surface area contributed by atoms with Crippen LogP contribution in [0.4, 0.5) is 0 Å². The molecule has 24 heavy (non-hydrogen) atoms. The summed E-state index contributed by atoms with van der Waals surface area (Å²) in [6.45, 7) is 0.692. The first kappa shape index (κ1) is 21.9. The molecule has 0 radical (unpaired) electrons. The lowest BCUT2D eigenvalue weighted by molar-refractivity contribution is 0.139. The monoisotopic (exact) mass is 369 g/mol. The van der Waals surface area contributed by atoms with E-state index in [1.165, 1.54) is 79.9 Å². The normalized spacial score (nSPS) is 11.0. The van der Waals surface area contributed by atoms with E-state index in [9.17, 15) is 0 Å². The first-order valence-electron chi connectivity index (χ1n) is 9.51.